The summed E-state index contributed by atoms with van der Waals surface area (Å²) in [5, 5.41) is 2.33. The van der Waals surface area contributed by atoms with Crippen molar-refractivity contribution in [3.63, 3.8) is 0 Å². The minimum atomic E-state index is 0.0439. The highest BCUT2D eigenvalue weighted by atomic mass is 79.9. The summed E-state index contributed by atoms with van der Waals surface area (Å²) in [4.78, 5) is 4.78. The quantitative estimate of drug-likeness (QED) is 0.143. The van der Waals surface area contributed by atoms with Gasteiger partial charge in [0, 0.05) is 59.3 Å². The zero-order chi connectivity index (χ0) is 43.1. The van der Waals surface area contributed by atoms with E-state index < -0.39 is 0 Å². The molecule has 0 aliphatic heterocycles. The molecule has 1 heterocycles. The van der Waals surface area contributed by atoms with E-state index in [4.69, 9.17) is 0 Å². The fourth-order valence-electron chi connectivity index (χ4n) is 8.76. The summed E-state index contributed by atoms with van der Waals surface area (Å²) in [6.07, 6.45) is 0. The fraction of sp³-hybridized carbons (Fsp3) is 0.0690. The van der Waals surface area contributed by atoms with Crippen LogP contribution in [-0.2, 0) is 5.41 Å². The predicted octanol–water partition coefficient (Wildman–Crippen LogP) is 17.9. The summed E-state index contributed by atoms with van der Waals surface area (Å²) in [6, 6.07) is 79.0. The van der Waals surface area contributed by atoms with Crippen molar-refractivity contribution in [1.29, 1.82) is 0 Å². The number of anilines is 6. The molecule has 0 amide bonds. The lowest BCUT2D eigenvalue weighted by atomic mass is 9.87. The van der Waals surface area contributed by atoms with Crippen LogP contribution < -0.4 is 9.80 Å². The van der Waals surface area contributed by atoms with Crippen LogP contribution in [0.15, 0.2) is 227 Å². The van der Waals surface area contributed by atoms with Gasteiger partial charge in [-0.25, -0.2) is 0 Å². The Labute approximate surface area is 386 Å². The first-order valence-corrected chi connectivity index (χ1v) is 22.9. The number of hydrogen-bond donors (Lipinski definition) is 0. The van der Waals surface area contributed by atoms with E-state index in [2.05, 4.69) is 285 Å². The summed E-state index contributed by atoms with van der Waals surface area (Å²) >= 11 is 7.41. The van der Waals surface area contributed by atoms with Gasteiger partial charge >= 0.3 is 0 Å². The largest absolute Gasteiger partial charge is 0.310 e. The van der Waals surface area contributed by atoms with E-state index in [0.717, 1.165) is 81.7 Å². The van der Waals surface area contributed by atoms with Crippen LogP contribution in [0.5, 0.6) is 0 Å². The monoisotopic (exact) mass is 941 g/mol. The van der Waals surface area contributed by atoms with Crippen molar-refractivity contribution >= 4 is 87.8 Å². The molecule has 10 rings (SSSR count). The van der Waals surface area contributed by atoms with Gasteiger partial charge in [-0.05, 0) is 131 Å². The van der Waals surface area contributed by atoms with E-state index in [1.54, 1.807) is 0 Å². The second kappa shape index (κ2) is 16.9. The van der Waals surface area contributed by atoms with Gasteiger partial charge in [0.15, 0.2) is 0 Å². The molecular formula is C58H45Br2N3. The molecule has 0 bridgehead atoms. The Bertz CT molecular complexity index is 3010. The van der Waals surface area contributed by atoms with Crippen LogP contribution in [0.2, 0.25) is 0 Å². The summed E-state index contributed by atoms with van der Waals surface area (Å²) in [7, 11) is 0. The number of benzene rings is 9. The average Bonchev–Trinajstić information content (AvgIpc) is 3.64. The second-order valence-electron chi connectivity index (χ2n) is 16.9. The van der Waals surface area contributed by atoms with Crippen molar-refractivity contribution in [3.05, 3.63) is 233 Å². The van der Waals surface area contributed by atoms with Crippen molar-refractivity contribution in [2.45, 2.75) is 26.2 Å². The Hall–Kier alpha value is -6.66. The number of para-hydroxylation sites is 2. The Kier molecular flexibility index (Phi) is 10.8. The third-order valence-electron chi connectivity index (χ3n) is 11.9. The molecule has 9 aromatic carbocycles. The van der Waals surface area contributed by atoms with E-state index in [1.165, 1.54) is 16.7 Å². The lowest BCUT2D eigenvalue weighted by Gasteiger charge is -2.28. The standard InChI is InChI=1S/C58H45Br2N3/c1-58(2,3)42-22-28-47(29-23-42)63-56-36-34-48(61(45-30-24-43(59)25-31-45)54-20-12-10-18-50(54)40-14-6-4-7-15-40)38-52(56)53-39-49(35-37-57(53)63)62(46-32-26-44(60)27-33-46)55-21-13-11-19-51(55)41-16-8-5-9-17-41/h4-39H,1-3H3. The van der Waals surface area contributed by atoms with E-state index in [0.29, 0.717) is 0 Å². The number of halogens is 2. The fourth-order valence-corrected chi connectivity index (χ4v) is 9.29. The Morgan fingerprint density at radius 3 is 1.17 bits per heavy atom. The first kappa shape index (κ1) is 40.4. The Balaban J connectivity index is 1.24. The number of rotatable bonds is 9. The second-order valence-corrected chi connectivity index (χ2v) is 18.8. The molecule has 0 N–H and O–H groups in total. The van der Waals surface area contributed by atoms with Crippen molar-refractivity contribution in [2.75, 3.05) is 9.80 Å². The Morgan fingerprint density at radius 2 is 0.762 bits per heavy atom. The topological polar surface area (TPSA) is 11.4 Å². The van der Waals surface area contributed by atoms with Gasteiger partial charge in [0.25, 0.3) is 0 Å². The van der Waals surface area contributed by atoms with Crippen LogP contribution in [-0.4, -0.2) is 4.57 Å². The van der Waals surface area contributed by atoms with Crippen LogP contribution >= 0.6 is 31.9 Å². The zero-order valence-corrected chi connectivity index (χ0v) is 38.6. The lowest BCUT2D eigenvalue weighted by molar-refractivity contribution is 0.590. The van der Waals surface area contributed by atoms with E-state index in [1.807, 2.05) is 0 Å². The molecule has 1 aromatic heterocycles. The average molecular weight is 944 g/mol. The molecule has 0 saturated carbocycles. The minimum absolute atomic E-state index is 0.0439. The molecule has 0 aliphatic carbocycles. The molecule has 5 heteroatoms. The maximum absolute atomic E-state index is 3.70. The molecule has 0 saturated heterocycles. The van der Waals surface area contributed by atoms with Gasteiger partial charge in [-0.1, -0.05) is 162 Å². The van der Waals surface area contributed by atoms with Gasteiger partial charge in [-0.2, -0.15) is 0 Å². The molecule has 0 spiro atoms. The maximum atomic E-state index is 3.70. The van der Waals surface area contributed by atoms with E-state index >= 15 is 0 Å². The minimum Gasteiger partial charge on any atom is -0.310 e. The highest BCUT2D eigenvalue weighted by Crippen LogP contribution is 2.46. The van der Waals surface area contributed by atoms with Crippen molar-refractivity contribution in [2.24, 2.45) is 0 Å². The highest BCUT2D eigenvalue weighted by molar-refractivity contribution is 9.10. The zero-order valence-electron chi connectivity index (χ0n) is 35.4. The number of hydrogen-bond acceptors (Lipinski definition) is 2. The number of nitrogens with zero attached hydrogens (tertiary/aromatic N) is 3. The molecule has 0 fully saturated rings. The van der Waals surface area contributed by atoms with Crippen molar-refractivity contribution in [1.82, 2.24) is 4.57 Å². The van der Waals surface area contributed by atoms with E-state index in [9.17, 15) is 0 Å². The molecule has 306 valence electrons. The van der Waals surface area contributed by atoms with Gasteiger partial charge in [-0.3, -0.25) is 0 Å². The summed E-state index contributed by atoms with van der Waals surface area (Å²) in [5.41, 5.74) is 15.9. The summed E-state index contributed by atoms with van der Waals surface area (Å²) in [6.45, 7) is 6.81. The molecule has 3 nitrogen and oxygen atoms in total. The van der Waals surface area contributed by atoms with Crippen LogP contribution in [0.4, 0.5) is 34.1 Å². The van der Waals surface area contributed by atoms with Crippen LogP contribution in [0.1, 0.15) is 26.3 Å². The molecule has 10 aromatic rings. The maximum Gasteiger partial charge on any atom is 0.0542 e. The van der Waals surface area contributed by atoms with Crippen LogP contribution in [0.3, 0.4) is 0 Å². The first-order valence-electron chi connectivity index (χ1n) is 21.3. The molecule has 63 heavy (non-hydrogen) atoms. The highest BCUT2D eigenvalue weighted by Gasteiger charge is 2.23. The lowest BCUT2D eigenvalue weighted by Crippen LogP contribution is -2.11. The normalized spacial score (nSPS) is 11.6. The molecule has 0 radical (unpaired) electrons. The van der Waals surface area contributed by atoms with Crippen LogP contribution in [0.25, 0.3) is 49.7 Å². The summed E-state index contributed by atoms with van der Waals surface area (Å²) < 4.78 is 4.50. The molecule has 0 unspecified atom stereocenters. The smallest absolute Gasteiger partial charge is 0.0542 e. The van der Waals surface area contributed by atoms with Crippen molar-refractivity contribution in [3.8, 4) is 27.9 Å². The Morgan fingerprint density at radius 1 is 0.381 bits per heavy atom. The first-order chi connectivity index (χ1) is 30.7. The predicted molar refractivity (Wildman–Crippen MR) is 275 cm³/mol. The van der Waals surface area contributed by atoms with Gasteiger partial charge in [-0.15, -0.1) is 0 Å². The van der Waals surface area contributed by atoms with Gasteiger partial charge in [0.2, 0.25) is 0 Å². The SMILES string of the molecule is CC(C)(C)c1ccc(-n2c3ccc(N(c4ccc(Br)cc4)c4ccccc4-c4ccccc4)cc3c3cc(N(c4ccc(Br)cc4)c4ccccc4-c4ccccc4)ccc32)cc1. The molecular weight excluding hydrogens is 898 g/mol. The number of fused-ring (bicyclic) bond motifs is 3. The molecule has 0 atom stereocenters. The summed E-state index contributed by atoms with van der Waals surface area (Å²) in [5.74, 6) is 0. The third kappa shape index (κ3) is 7.88. The van der Waals surface area contributed by atoms with Crippen LogP contribution in [0, 0.1) is 0 Å². The van der Waals surface area contributed by atoms with Gasteiger partial charge in [0.05, 0.1) is 22.4 Å². The number of aromatic nitrogens is 1. The van der Waals surface area contributed by atoms with Crippen molar-refractivity contribution < 1.29 is 0 Å². The molecule has 0 aliphatic rings. The third-order valence-corrected chi connectivity index (χ3v) is 12.9. The van der Waals surface area contributed by atoms with Gasteiger partial charge in [0.1, 0.15) is 0 Å². The van der Waals surface area contributed by atoms with E-state index in [-0.39, 0.29) is 5.41 Å². The van der Waals surface area contributed by atoms with Gasteiger partial charge < -0.3 is 14.4 Å².